The van der Waals surface area contributed by atoms with Crippen molar-refractivity contribution in [2.75, 3.05) is 33.3 Å². The van der Waals surface area contributed by atoms with E-state index in [4.69, 9.17) is 16.3 Å². The average molecular weight is 269 g/mol. The molecule has 0 bridgehead atoms. The predicted molar refractivity (Wildman–Crippen MR) is 75.1 cm³/mol. The molecular weight excluding hydrogens is 248 g/mol. The lowest BCUT2D eigenvalue weighted by Gasteiger charge is -2.30. The summed E-state index contributed by atoms with van der Waals surface area (Å²) in [6.45, 7) is 6.61. The Morgan fingerprint density at radius 1 is 1.50 bits per heavy atom. The normalized spacial score (nSPS) is 21.2. The molecule has 3 nitrogen and oxygen atoms in total. The van der Waals surface area contributed by atoms with Crippen LogP contribution in [0.3, 0.4) is 0 Å². The molecule has 1 atom stereocenters. The number of morpholine rings is 1. The van der Waals surface area contributed by atoms with Crippen molar-refractivity contribution in [3.8, 4) is 0 Å². The number of rotatable bonds is 4. The molecule has 0 spiro atoms. The van der Waals surface area contributed by atoms with Crippen molar-refractivity contribution < 1.29 is 4.74 Å². The van der Waals surface area contributed by atoms with Gasteiger partial charge in [-0.05, 0) is 31.2 Å². The molecule has 0 aliphatic carbocycles. The van der Waals surface area contributed by atoms with Gasteiger partial charge >= 0.3 is 0 Å². The first-order valence-electron chi connectivity index (χ1n) is 6.41. The molecule has 1 saturated heterocycles. The van der Waals surface area contributed by atoms with Gasteiger partial charge in [0, 0.05) is 31.2 Å². The summed E-state index contributed by atoms with van der Waals surface area (Å²) < 4.78 is 5.70. The Labute approximate surface area is 114 Å². The van der Waals surface area contributed by atoms with Gasteiger partial charge in [0.25, 0.3) is 0 Å². The molecule has 0 radical (unpaired) electrons. The van der Waals surface area contributed by atoms with Crippen molar-refractivity contribution in [3.05, 3.63) is 34.3 Å². The minimum Gasteiger partial charge on any atom is -0.374 e. The molecule has 1 unspecified atom stereocenters. The van der Waals surface area contributed by atoms with E-state index in [1.165, 1.54) is 5.56 Å². The second kappa shape index (κ2) is 6.53. The third-order valence-electron chi connectivity index (χ3n) is 3.28. The molecule has 1 heterocycles. The first kappa shape index (κ1) is 13.8. The number of hydrogen-bond acceptors (Lipinski definition) is 3. The molecule has 0 saturated carbocycles. The number of hydrogen-bond donors (Lipinski definition) is 1. The molecule has 1 fully saturated rings. The van der Waals surface area contributed by atoms with Crippen LogP contribution in [-0.4, -0.2) is 44.3 Å². The van der Waals surface area contributed by atoms with Crippen molar-refractivity contribution in [1.29, 1.82) is 0 Å². The summed E-state index contributed by atoms with van der Waals surface area (Å²) in [6, 6.07) is 6.20. The highest BCUT2D eigenvalue weighted by atomic mass is 35.5. The molecule has 18 heavy (non-hydrogen) atoms. The van der Waals surface area contributed by atoms with Gasteiger partial charge in [0.1, 0.15) is 0 Å². The Morgan fingerprint density at radius 3 is 3.06 bits per heavy atom. The van der Waals surface area contributed by atoms with E-state index in [9.17, 15) is 0 Å². The highest BCUT2D eigenvalue weighted by Crippen LogP contribution is 2.16. The average Bonchev–Trinajstić information content (AvgIpc) is 2.34. The zero-order valence-electron chi connectivity index (χ0n) is 11.1. The van der Waals surface area contributed by atoms with Crippen molar-refractivity contribution in [1.82, 2.24) is 10.2 Å². The van der Waals surface area contributed by atoms with Crippen LogP contribution in [0.15, 0.2) is 18.2 Å². The van der Waals surface area contributed by atoms with Crippen LogP contribution < -0.4 is 5.32 Å². The van der Waals surface area contributed by atoms with E-state index in [0.29, 0.717) is 6.10 Å². The maximum Gasteiger partial charge on any atom is 0.0826 e. The third kappa shape index (κ3) is 3.95. The summed E-state index contributed by atoms with van der Waals surface area (Å²) in [5, 5.41) is 4.26. The number of nitrogens with zero attached hydrogens (tertiary/aromatic N) is 1. The fourth-order valence-electron chi connectivity index (χ4n) is 2.11. The quantitative estimate of drug-likeness (QED) is 0.905. The SMILES string of the molecule is Cc1ccc(CNCC2CN(C)CCO2)cc1Cl. The second-order valence-electron chi connectivity index (χ2n) is 4.97. The molecule has 1 aliphatic rings. The minimum absolute atomic E-state index is 0.296. The number of benzene rings is 1. The van der Waals surface area contributed by atoms with Crippen LogP contribution in [0.4, 0.5) is 0 Å². The topological polar surface area (TPSA) is 24.5 Å². The number of likely N-dealkylation sites (N-methyl/N-ethyl adjacent to an activating group) is 1. The first-order valence-corrected chi connectivity index (χ1v) is 6.79. The van der Waals surface area contributed by atoms with E-state index in [1.807, 2.05) is 13.0 Å². The van der Waals surface area contributed by atoms with E-state index in [0.717, 1.165) is 43.4 Å². The lowest BCUT2D eigenvalue weighted by Crippen LogP contribution is -2.44. The van der Waals surface area contributed by atoms with Crippen LogP contribution in [0.25, 0.3) is 0 Å². The molecule has 4 heteroatoms. The zero-order chi connectivity index (χ0) is 13.0. The summed E-state index contributed by atoms with van der Waals surface area (Å²) >= 11 is 6.10. The maximum absolute atomic E-state index is 6.10. The fraction of sp³-hybridized carbons (Fsp3) is 0.571. The molecule has 1 N–H and O–H groups in total. The predicted octanol–water partition coefficient (Wildman–Crippen LogP) is 2.07. The zero-order valence-corrected chi connectivity index (χ0v) is 11.8. The van der Waals surface area contributed by atoms with Crippen LogP contribution in [0.2, 0.25) is 5.02 Å². The summed E-state index contributed by atoms with van der Waals surface area (Å²) in [6.07, 6.45) is 0.296. The van der Waals surface area contributed by atoms with Crippen LogP contribution in [0.1, 0.15) is 11.1 Å². The van der Waals surface area contributed by atoms with E-state index in [-0.39, 0.29) is 0 Å². The molecule has 2 rings (SSSR count). The van der Waals surface area contributed by atoms with Gasteiger partial charge in [0.2, 0.25) is 0 Å². The van der Waals surface area contributed by atoms with Gasteiger partial charge in [-0.2, -0.15) is 0 Å². The number of ether oxygens (including phenoxy) is 1. The molecule has 1 aliphatic heterocycles. The number of halogens is 1. The van der Waals surface area contributed by atoms with Gasteiger partial charge < -0.3 is 15.0 Å². The van der Waals surface area contributed by atoms with E-state index in [2.05, 4.69) is 29.4 Å². The molecule has 0 aromatic heterocycles. The lowest BCUT2D eigenvalue weighted by atomic mass is 10.1. The first-order chi connectivity index (χ1) is 8.65. The van der Waals surface area contributed by atoms with E-state index >= 15 is 0 Å². The summed E-state index contributed by atoms with van der Waals surface area (Å²) in [5.41, 5.74) is 2.34. The lowest BCUT2D eigenvalue weighted by molar-refractivity contribution is -0.0182. The summed E-state index contributed by atoms with van der Waals surface area (Å²) in [4.78, 5) is 2.30. The minimum atomic E-state index is 0.296. The van der Waals surface area contributed by atoms with Crippen molar-refractivity contribution in [2.45, 2.75) is 19.6 Å². The molecule has 1 aromatic carbocycles. The monoisotopic (exact) mass is 268 g/mol. The van der Waals surface area contributed by atoms with Crippen LogP contribution in [0, 0.1) is 6.92 Å². The Kier molecular flexibility index (Phi) is 5.01. The highest BCUT2D eigenvalue weighted by molar-refractivity contribution is 6.31. The largest absolute Gasteiger partial charge is 0.374 e. The maximum atomic E-state index is 6.10. The van der Waals surface area contributed by atoms with Gasteiger partial charge in [-0.25, -0.2) is 0 Å². The second-order valence-corrected chi connectivity index (χ2v) is 5.38. The summed E-state index contributed by atoms with van der Waals surface area (Å²) in [5.74, 6) is 0. The van der Waals surface area contributed by atoms with Crippen molar-refractivity contribution >= 4 is 11.6 Å². The van der Waals surface area contributed by atoms with Crippen LogP contribution in [-0.2, 0) is 11.3 Å². The van der Waals surface area contributed by atoms with Gasteiger partial charge in [0.05, 0.1) is 12.7 Å². The smallest absolute Gasteiger partial charge is 0.0826 e. The van der Waals surface area contributed by atoms with E-state index in [1.54, 1.807) is 0 Å². The Morgan fingerprint density at radius 2 is 2.33 bits per heavy atom. The third-order valence-corrected chi connectivity index (χ3v) is 3.69. The van der Waals surface area contributed by atoms with Gasteiger partial charge in [-0.1, -0.05) is 23.7 Å². The Balaban J connectivity index is 1.76. The Bertz CT molecular complexity index is 397. The molecule has 100 valence electrons. The van der Waals surface area contributed by atoms with E-state index < -0.39 is 0 Å². The molecule has 1 aromatic rings. The van der Waals surface area contributed by atoms with Gasteiger partial charge in [-0.3, -0.25) is 0 Å². The van der Waals surface area contributed by atoms with Gasteiger partial charge in [0.15, 0.2) is 0 Å². The molecular formula is C14H21ClN2O. The highest BCUT2D eigenvalue weighted by Gasteiger charge is 2.16. The van der Waals surface area contributed by atoms with Crippen molar-refractivity contribution in [3.63, 3.8) is 0 Å². The Hall–Kier alpha value is -0.610. The molecule has 0 amide bonds. The fourth-order valence-corrected chi connectivity index (χ4v) is 2.32. The van der Waals surface area contributed by atoms with Crippen LogP contribution in [0.5, 0.6) is 0 Å². The number of nitrogens with one attached hydrogen (secondary N) is 1. The summed E-state index contributed by atoms with van der Waals surface area (Å²) in [7, 11) is 2.13. The van der Waals surface area contributed by atoms with Crippen molar-refractivity contribution in [2.24, 2.45) is 0 Å². The van der Waals surface area contributed by atoms with Crippen LogP contribution >= 0.6 is 11.6 Å². The number of aryl methyl sites for hydroxylation is 1. The standard InChI is InChI=1S/C14H21ClN2O/c1-11-3-4-12(7-14(11)15)8-16-9-13-10-17(2)5-6-18-13/h3-4,7,13,16H,5-6,8-10H2,1-2H3. The van der Waals surface area contributed by atoms with Gasteiger partial charge in [-0.15, -0.1) is 0 Å².